The summed E-state index contributed by atoms with van der Waals surface area (Å²) in [6.45, 7) is 0. The van der Waals surface area contributed by atoms with Crippen molar-refractivity contribution in [3.8, 4) is 11.6 Å². The van der Waals surface area contributed by atoms with Gasteiger partial charge >= 0.3 is 5.97 Å². The smallest absolute Gasteiger partial charge is 0.343 e. The van der Waals surface area contributed by atoms with Gasteiger partial charge in [-0.05, 0) is 18.2 Å². The quantitative estimate of drug-likeness (QED) is 0.693. The minimum atomic E-state index is -0.563. The SMILES string of the molecule is COC(=O)c1cccnc1Oc1cc(Cl)c(Cl)cc1N. The zero-order chi connectivity index (χ0) is 14.7. The van der Waals surface area contributed by atoms with Gasteiger partial charge in [0.25, 0.3) is 0 Å². The van der Waals surface area contributed by atoms with Crippen molar-refractivity contribution in [1.82, 2.24) is 4.98 Å². The van der Waals surface area contributed by atoms with Crippen LogP contribution in [0.3, 0.4) is 0 Å². The third-order valence-electron chi connectivity index (χ3n) is 2.44. The number of nitrogens with two attached hydrogens (primary N) is 1. The van der Waals surface area contributed by atoms with Crippen molar-refractivity contribution in [2.24, 2.45) is 0 Å². The second-order valence-electron chi connectivity index (χ2n) is 3.75. The van der Waals surface area contributed by atoms with Crippen LogP contribution in [-0.2, 0) is 4.74 Å². The summed E-state index contributed by atoms with van der Waals surface area (Å²) in [5.74, 6) is -0.237. The van der Waals surface area contributed by atoms with E-state index in [0.29, 0.717) is 5.02 Å². The van der Waals surface area contributed by atoms with Crippen molar-refractivity contribution in [3.05, 3.63) is 46.1 Å². The monoisotopic (exact) mass is 312 g/mol. The van der Waals surface area contributed by atoms with Gasteiger partial charge in [-0.25, -0.2) is 9.78 Å². The second-order valence-corrected chi connectivity index (χ2v) is 4.57. The summed E-state index contributed by atoms with van der Waals surface area (Å²) < 4.78 is 10.2. The molecule has 2 aromatic rings. The Bertz CT molecular complexity index is 662. The third-order valence-corrected chi connectivity index (χ3v) is 3.16. The molecule has 0 amide bonds. The molecule has 0 unspecified atom stereocenters. The number of hydrogen-bond donors (Lipinski definition) is 1. The van der Waals surface area contributed by atoms with Gasteiger partial charge in [0.05, 0.1) is 22.8 Å². The van der Waals surface area contributed by atoms with E-state index in [2.05, 4.69) is 9.72 Å². The van der Waals surface area contributed by atoms with E-state index < -0.39 is 5.97 Å². The molecule has 1 aromatic heterocycles. The van der Waals surface area contributed by atoms with Crippen LogP contribution in [0.1, 0.15) is 10.4 Å². The lowest BCUT2D eigenvalue weighted by molar-refractivity contribution is 0.0597. The van der Waals surface area contributed by atoms with Crippen LogP contribution >= 0.6 is 23.2 Å². The Kier molecular flexibility index (Phi) is 4.32. The summed E-state index contributed by atoms with van der Waals surface area (Å²) in [7, 11) is 1.27. The molecule has 104 valence electrons. The van der Waals surface area contributed by atoms with Crippen LogP contribution in [0, 0.1) is 0 Å². The predicted molar refractivity (Wildman–Crippen MR) is 76.5 cm³/mol. The fraction of sp³-hybridized carbons (Fsp3) is 0.0769. The molecule has 2 N–H and O–H groups in total. The van der Waals surface area contributed by atoms with Gasteiger partial charge in [-0.15, -0.1) is 0 Å². The molecule has 2 rings (SSSR count). The number of benzene rings is 1. The molecule has 0 atom stereocenters. The van der Waals surface area contributed by atoms with E-state index in [0.717, 1.165) is 0 Å². The molecule has 5 nitrogen and oxygen atoms in total. The number of anilines is 1. The van der Waals surface area contributed by atoms with Crippen molar-refractivity contribution in [2.45, 2.75) is 0 Å². The molecule has 1 heterocycles. The normalized spacial score (nSPS) is 10.2. The van der Waals surface area contributed by atoms with Crippen molar-refractivity contribution in [3.63, 3.8) is 0 Å². The highest BCUT2D eigenvalue weighted by atomic mass is 35.5. The highest BCUT2D eigenvalue weighted by Crippen LogP contribution is 2.35. The number of methoxy groups -OCH3 is 1. The van der Waals surface area contributed by atoms with Crippen LogP contribution in [0.4, 0.5) is 5.69 Å². The zero-order valence-electron chi connectivity index (χ0n) is 10.4. The lowest BCUT2D eigenvalue weighted by Gasteiger charge is -2.11. The molecule has 20 heavy (non-hydrogen) atoms. The van der Waals surface area contributed by atoms with E-state index in [4.69, 9.17) is 33.7 Å². The van der Waals surface area contributed by atoms with Crippen LogP contribution in [-0.4, -0.2) is 18.1 Å². The topological polar surface area (TPSA) is 74.4 Å². The number of rotatable bonds is 3. The summed E-state index contributed by atoms with van der Waals surface area (Å²) in [5.41, 5.74) is 6.24. The Morgan fingerprint density at radius 3 is 2.70 bits per heavy atom. The van der Waals surface area contributed by atoms with Crippen molar-refractivity contribution in [2.75, 3.05) is 12.8 Å². The van der Waals surface area contributed by atoms with Crippen LogP contribution in [0.25, 0.3) is 0 Å². The van der Waals surface area contributed by atoms with E-state index in [1.54, 1.807) is 6.07 Å². The molecule has 7 heteroatoms. The number of esters is 1. The summed E-state index contributed by atoms with van der Waals surface area (Å²) in [4.78, 5) is 15.6. The van der Waals surface area contributed by atoms with Crippen LogP contribution in [0.15, 0.2) is 30.5 Å². The molecule has 0 aliphatic carbocycles. The molecule has 0 saturated heterocycles. The summed E-state index contributed by atoms with van der Waals surface area (Å²) >= 11 is 11.7. The highest BCUT2D eigenvalue weighted by Gasteiger charge is 2.16. The molecule has 0 aliphatic heterocycles. The molecule has 0 radical (unpaired) electrons. The van der Waals surface area contributed by atoms with Crippen molar-refractivity contribution < 1.29 is 14.3 Å². The van der Waals surface area contributed by atoms with Crippen LogP contribution in [0.2, 0.25) is 10.0 Å². The first-order valence-electron chi connectivity index (χ1n) is 5.48. The second kappa shape index (κ2) is 5.98. The molecule has 0 aliphatic rings. The van der Waals surface area contributed by atoms with Gasteiger partial charge in [0.1, 0.15) is 5.56 Å². The number of carbonyl (C=O) groups is 1. The van der Waals surface area contributed by atoms with E-state index >= 15 is 0 Å². The third kappa shape index (κ3) is 2.95. The van der Waals surface area contributed by atoms with Gasteiger partial charge in [0, 0.05) is 12.3 Å². The number of halogens is 2. The summed E-state index contributed by atoms with van der Waals surface area (Å²) in [5, 5.41) is 0.595. The molecular weight excluding hydrogens is 303 g/mol. The maximum Gasteiger partial charge on any atom is 0.343 e. The zero-order valence-corrected chi connectivity index (χ0v) is 11.9. The Morgan fingerprint density at radius 2 is 2.00 bits per heavy atom. The first kappa shape index (κ1) is 14.4. The summed E-state index contributed by atoms with van der Waals surface area (Å²) in [6.07, 6.45) is 1.48. The predicted octanol–water partition coefficient (Wildman–Crippen LogP) is 3.55. The molecular formula is C13H10Cl2N2O3. The number of hydrogen-bond acceptors (Lipinski definition) is 5. The fourth-order valence-corrected chi connectivity index (χ4v) is 1.80. The number of nitrogens with zero attached hydrogens (tertiary/aromatic N) is 1. The first-order valence-corrected chi connectivity index (χ1v) is 6.24. The number of ether oxygens (including phenoxy) is 2. The summed E-state index contributed by atoms with van der Waals surface area (Å²) in [6, 6.07) is 6.04. The standard InChI is InChI=1S/C13H10Cl2N2O3/c1-19-13(18)7-3-2-4-17-12(7)20-11-6-9(15)8(14)5-10(11)16/h2-6H,16H2,1H3. The first-order chi connectivity index (χ1) is 9.52. The van der Waals surface area contributed by atoms with Gasteiger partial charge < -0.3 is 15.2 Å². The van der Waals surface area contributed by atoms with E-state index in [-0.39, 0.29) is 27.9 Å². The Balaban J connectivity index is 2.40. The molecule has 0 fully saturated rings. The van der Waals surface area contributed by atoms with Gasteiger partial charge in [-0.1, -0.05) is 23.2 Å². The Morgan fingerprint density at radius 1 is 1.30 bits per heavy atom. The number of nitrogen functional groups attached to an aromatic ring is 1. The average Bonchev–Trinajstić information content (AvgIpc) is 2.44. The van der Waals surface area contributed by atoms with Gasteiger partial charge in [-0.2, -0.15) is 0 Å². The van der Waals surface area contributed by atoms with Crippen molar-refractivity contribution in [1.29, 1.82) is 0 Å². The Hall–Kier alpha value is -1.98. The maximum absolute atomic E-state index is 11.6. The maximum atomic E-state index is 11.6. The minimum Gasteiger partial charge on any atom is -0.465 e. The average molecular weight is 313 g/mol. The Labute approximate surface area is 125 Å². The minimum absolute atomic E-state index is 0.0736. The number of aromatic nitrogens is 1. The van der Waals surface area contributed by atoms with Gasteiger partial charge in [0.15, 0.2) is 5.75 Å². The number of carbonyl (C=O) groups excluding carboxylic acids is 1. The highest BCUT2D eigenvalue weighted by molar-refractivity contribution is 6.42. The lowest BCUT2D eigenvalue weighted by Crippen LogP contribution is -2.05. The largest absolute Gasteiger partial charge is 0.465 e. The van der Waals surface area contributed by atoms with Gasteiger partial charge in [-0.3, -0.25) is 0 Å². The molecule has 0 bridgehead atoms. The molecule has 1 aromatic carbocycles. The van der Waals surface area contributed by atoms with Crippen molar-refractivity contribution >= 4 is 34.9 Å². The number of pyridine rings is 1. The van der Waals surface area contributed by atoms with E-state index in [1.807, 2.05) is 0 Å². The fourth-order valence-electron chi connectivity index (χ4n) is 1.47. The van der Waals surface area contributed by atoms with Crippen LogP contribution in [0.5, 0.6) is 11.6 Å². The van der Waals surface area contributed by atoms with E-state index in [9.17, 15) is 4.79 Å². The lowest BCUT2D eigenvalue weighted by atomic mass is 10.2. The van der Waals surface area contributed by atoms with E-state index in [1.165, 1.54) is 31.5 Å². The molecule has 0 saturated carbocycles. The molecule has 0 spiro atoms. The van der Waals surface area contributed by atoms with Crippen LogP contribution < -0.4 is 10.5 Å². The van der Waals surface area contributed by atoms with Gasteiger partial charge in [0.2, 0.25) is 5.88 Å².